The van der Waals surface area contributed by atoms with Crippen LogP contribution in [0.5, 0.6) is 0 Å². The molecule has 0 saturated carbocycles. The lowest BCUT2D eigenvalue weighted by Gasteiger charge is -2.22. The minimum absolute atomic E-state index is 0.130. The van der Waals surface area contributed by atoms with Crippen LogP contribution in [0.15, 0.2) is 30.3 Å². The van der Waals surface area contributed by atoms with E-state index in [2.05, 4.69) is 40.6 Å². The van der Waals surface area contributed by atoms with Crippen molar-refractivity contribution in [2.45, 2.75) is 27.2 Å². The summed E-state index contributed by atoms with van der Waals surface area (Å²) in [7, 11) is 0. The number of H-pyrrole nitrogens is 1. The minimum atomic E-state index is -0.130. The van der Waals surface area contributed by atoms with Gasteiger partial charge in [0.15, 0.2) is 11.5 Å². The Kier molecular flexibility index (Phi) is 5.25. The van der Waals surface area contributed by atoms with Gasteiger partial charge in [0.1, 0.15) is 0 Å². The normalized spacial score (nSPS) is 12.0. The Labute approximate surface area is 153 Å². The molecule has 0 aliphatic rings. The molecule has 3 rings (SSSR count). The van der Waals surface area contributed by atoms with Crippen LogP contribution in [0, 0.1) is 12.3 Å². The molecule has 6 heteroatoms. The number of benzene rings is 1. The zero-order valence-electron chi connectivity index (χ0n) is 15.6. The first-order chi connectivity index (χ1) is 12.4. The number of aliphatic hydroxyl groups is 1. The first-order valence-electron chi connectivity index (χ1n) is 8.92. The summed E-state index contributed by atoms with van der Waals surface area (Å²) in [6.45, 7) is 7.86. The molecule has 138 valence electrons. The van der Waals surface area contributed by atoms with Crippen molar-refractivity contribution in [2.75, 3.05) is 25.4 Å². The number of hydrogen-bond acceptors (Lipinski definition) is 5. The van der Waals surface area contributed by atoms with E-state index in [1.165, 1.54) is 5.56 Å². The highest BCUT2D eigenvalue weighted by atomic mass is 16.3. The Morgan fingerprint density at radius 1 is 1.27 bits per heavy atom. The monoisotopic (exact) mass is 353 g/mol. The Bertz CT molecular complexity index is 900. The SMILES string of the molecule is Cc1ccccc1-c1cc(CCNCC(C)(C)CO)c2c(N)n[nH]c2n1. The maximum absolute atomic E-state index is 9.37. The smallest absolute Gasteiger partial charge is 0.158 e. The summed E-state index contributed by atoms with van der Waals surface area (Å²) in [5, 5.41) is 20.8. The fourth-order valence-corrected chi connectivity index (χ4v) is 3.03. The molecule has 0 aliphatic heterocycles. The number of nitrogens with two attached hydrogens (primary N) is 1. The second kappa shape index (κ2) is 7.43. The number of aromatic amines is 1. The van der Waals surface area contributed by atoms with Crippen LogP contribution in [0.1, 0.15) is 25.0 Å². The van der Waals surface area contributed by atoms with Gasteiger partial charge in [-0.25, -0.2) is 4.98 Å². The third-order valence-corrected chi connectivity index (χ3v) is 4.66. The van der Waals surface area contributed by atoms with Gasteiger partial charge >= 0.3 is 0 Å². The molecule has 0 aliphatic carbocycles. The lowest BCUT2D eigenvalue weighted by molar-refractivity contribution is 0.157. The number of nitrogen functional groups attached to an aromatic ring is 1. The Balaban J connectivity index is 1.88. The topological polar surface area (TPSA) is 99.9 Å². The van der Waals surface area contributed by atoms with Crippen molar-refractivity contribution in [1.82, 2.24) is 20.5 Å². The third kappa shape index (κ3) is 3.86. The summed E-state index contributed by atoms with van der Waals surface area (Å²) in [6.07, 6.45) is 0.809. The molecule has 0 unspecified atom stereocenters. The highest BCUT2D eigenvalue weighted by Gasteiger charge is 2.16. The predicted octanol–water partition coefficient (Wildman–Crippen LogP) is 2.67. The number of nitrogens with one attached hydrogen (secondary N) is 2. The van der Waals surface area contributed by atoms with Crippen molar-refractivity contribution >= 4 is 16.9 Å². The molecule has 0 atom stereocenters. The second-order valence-corrected chi connectivity index (χ2v) is 7.56. The first kappa shape index (κ1) is 18.4. The molecular formula is C20H27N5O. The number of hydrogen-bond donors (Lipinski definition) is 4. The average molecular weight is 353 g/mol. The van der Waals surface area contributed by atoms with Crippen molar-refractivity contribution in [3.63, 3.8) is 0 Å². The van der Waals surface area contributed by atoms with E-state index in [9.17, 15) is 5.11 Å². The summed E-state index contributed by atoms with van der Waals surface area (Å²) >= 11 is 0. The van der Waals surface area contributed by atoms with Gasteiger partial charge in [0.05, 0.1) is 11.1 Å². The van der Waals surface area contributed by atoms with Crippen LogP contribution in [0.25, 0.3) is 22.3 Å². The first-order valence-corrected chi connectivity index (χ1v) is 8.92. The summed E-state index contributed by atoms with van der Waals surface area (Å²) in [4.78, 5) is 4.72. The Hall–Kier alpha value is -2.44. The fourth-order valence-electron chi connectivity index (χ4n) is 3.03. The molecule has 0 amide bonds. The number of nitrogens with zero attached hydrogens (tertiary/aromatic N) is 2. The van der Waals surface area contributed by atoms with Gasteiger partial charge in [-0.05, 0) is 37.1 Å². The van der Waals surface area contributed by atoms with Crippen LogP contribution in [0.2, 0.25) is 0 Å². The molecular weight excluding hydrogens is 326 g/mol. The lowest BCUT2D eigenvalue weighted by Crippen LogP contribution is -2.33. The molecule has 26 heavy (non-hydrogen) atoms. The van der Waals surface area contributed by atoms with E-state index in [0.29, 0.717) is 11.5 Å². The molecule has 6 nitrogen and oxygen atoms in total. The van der Waals surface area contributed by atoms with Crippen LogP contribution >= 0.6 is 0 Å². The molecule has 0 fully saturated rings. The van der Waals surface area contributed by atoms with Crippen LogP contribution in [0.3, 0.4) is 0 Å². The van der Waals surface area contributed by atoms with Gasteiger partial charge < -0.3 is 16.2 Å². The van der Waals surface area contributed by atoms with Crippen molar-refractivity contribution in [3.05, 3.63) is 41.5 Å². The average Bonchev–Trinajstić information content (AvgIpc) is 3.00. The number of anilines is 1. The molecule has 5 N–H and O–H groups in total. The van der Waals surface area contributed by atoms with E-state index < -0.39 is 0 Å². The molecule has 3 aromatic rings. The Morgan fingerprint density at radius 2 is 2.04 bits per heavy atom. The van der Waals surface area contributed by atoms with Gasteiger partial charge in [0.2, 0.25) is 0 Å². The van der Waals surface area contributed by atoms with Crippen LogP contribution in [0.4, 0.5) is 5.82 Å². The Morgan fingerprint density at radius 3 is 2.77 bits per heavy atom. The van der Waals surface area contributed by atoms with Crippen LogP contribution in [-0.2, 0) is 6.42 Å². The van der Waals surface area contributed by atoms with Gasteiger partial charge in [0.25, 0.3) is 0 Å². The largest absolute Gasteiger partial charge is 0.396 e. The molecule has 2 heterocycles. The predicted molar refractivity (Wildman–Crippen MR) is 106 cm³/mol. The van der Waals surface area contributed by atoms with Crippen molar-refractivity contribution < 1.29 is 5.11 Å². The van der Waals surface area contributed by atoms with Gasteiger partial charge in [-0.15, -0.1) is 0 Å². The van der Waals surface area contributed by atoms with Gasteiger partial charge in [-0.1, -0.05) is 38.1 Å². The molecule has 0 saturated heterocycles. The van der Waals surface area contributed by atoms with Crippen LogP contribution < -0.4 is 11.1 Å². The van der Waals surface area contributed by atoms with E-state index >= 15 is 0 Å². The highest BCUT2D eigenvalue weighted by molar-refractivity contribution is 5.91. The maximum atomic E-state index is 9.37. The lowest BCUT2D eigenvalue weighted by atomic mass is 9.95. The van der Waals surface area contributed by atoms with E-state index in [-0.39, 0.29) is 12.0 Å². The number of aliphatic hydroxyl groups excluding tert-OH is 1. The summed E-state index contributed by atoms with van der Waals surface area (Å²) < 4.78 is 0. The summed E-state index contributed by atoms with van der Waals surface area (Å²) in [5.74, 6) is 0.481. The number of fused-ring (bicyclic) bond motifs is 1. The van der Waals surface area contributed by atoms with E-state index in [1.54, 1.807) is 0 Å². The summed E-state index contributed by atoms with van der Waals surface area (Å²) in [6, 6.07) is 10.3. The third-order valence-electron chi connectivity index (χ3n) is 4.66. The van der Waals surface area contributed by atoms with Gasteiger partial charge in [-0.2, -0.15) is 5.10 Å². The molecule has 2 aromatic heterocycles. The van der Waals surface area contributed by atoms with Gasteiger partial charge in [-0.3, -0.25) is 5.10 Å². The molecule has 1 aromatic carbocycles. The number of rotatable bonds is 7. The summed E-state index contributed by atoms with van der Waals surface area (Å²) in [5.41, 5.74) is 11.0. The zero-order chi connectivity index (χ0) is 18.7. The van der Waals surface area contributed by atoms with Crippen molar-refractivity contribution in [1.29, 1.82) is 0 Å². The quantitative estimate of drug-likeness (QED) is 0.489. The molecule has 0 spiro atoms. The molecule has 0 bridgehead atoms. The second-order valence-electron chi connectivity index (χ2n) is 7.56. The van der Waals surface area contributed by atoms with Gasteiger partial charge in [0, 0.05) is 24.1 Å². The fraction of sp³-hybridized carbons (Fsp3) is 0.400. The van der Waals surface area contributed by atoms with E-state index in [1.807, 2.05) is 26.0 Å². The molecule has 0 radical (unpaired) electrons. The highest BCUT2D eigenvalue weighted by Crippen LogP contribution is 2.28. The van der Waals surface area contributed by atoms with Crippen molar-refractivity contribution in [3.8, 4) is 11.3 Å². The number of pyridine rings is 1. The van der Waals surface area contributed by atoms with E-state index in [4.69, 9.17) is 10.7 Å². The maximum Gasteiger partial charge on any atom is 0.158 e. The standard InChI is InChI=1S/C20H27N5O/c1-13-6-4-5-7-15(13)16-10-14(8-9-22-11-20(2,3)12-26)17-18(21)24-25-19(17)23-16/h4-7,10,22,26H,8-9,11-12H2,1-3H3,(H3,21,23,24,25). The number of aromatic nitrogens is 3. The number of aryl methyl sites for hydroxylation is 1. The zero-order valence-corrected chi connectivity index (χ0v) is 15.6. The van der Waals surface area contributed by atoms with Crippen LogP contribution in [-0.4, -0.2) is 40.0 Å². The van der Waals surface area contributed by atoms with Crippen molar-refractivity contribution in [2.24, 2.45) is 5.41 Å². The minimum Gasteiger partial charge on any atom is -0.396 e. The van der Waals surface area contributed by atoms with E-state index in [0.717, 1.165) is 41.7 Å².